The minimum Gasteiger partial charge on any atom is -0.504 e. The van der Waals surface area contributed by atoms with E-state index in [2.05, 4.69) is 6.92 Å². The molecule has 1 heterocycles. The summed E-state index contributed by atoms with van der Waals surface area (Å²) in [5.74, 6) is 0.215. The van der Waals surface area contributed by atoms with Gasteiger partial charge in [0.2, 0.25) is 0 Å². The third-order valence-electron chi connectivity index (χ3n) is 2.03. The Balaban J connectivity index is 2.69. The first-order valence-corrected chi connectivity index (χ1v) is 4.00. The molecule has 0 fully saturated rings. The largest absolute Gasteiger partial charge is 0.504 e. The molecular formula is C10H10O2. The molecule has 0 saturated heterocycles. The number of aromatic hydroxyl groups is 1. The molecule has 0 saturated carbocycles. The number of rotatable bonds is 1. The summed E-state index contributed by atoms with van der Waals surface area (Å²) in [6.07, 6.45) is 2.35. The van der Waals surface area contributed by atoms with Crippen molar-refractivity contribution in [2.24, 2.45) is 0 Å². The number of hydrogen-bond acceptors (Lipinski definition) is 2. The average molecular weight is 162 g/mol. The summed E-state index contributed by atoms with van der Waals surface area (Å²) < 4.78 is 5.14. The van der Waals surface area contributed by atoms with Crippen molar-refractivity contribution < 1.29 is 9.52 Å². The van der Waals surface area contributed by atoms with Crippen LogP contribution in [0.5, 0.6) is 5.75 Å². The van der Waals surface area contributed by atoms with Crippen molar-refractivity contribution in [1.29, 1.82) is 0 Å². The van der Waals surface area contributed by atoms with Crippen molar-refractivity contribution in [2.75, 3.05) is 0 Å². The summed E-state index contributed by atoms with van der Waals surface area (Å²) in [5, 5.41) is 10.1. The van der Waals surface area contributed by atoms with Gasteiger partial charge in [-0.3, -0.25) is 0 Å². The molecule has 0 aliphatic carbocycles. The Hall–Kier alpha value is -1.44. The topological polar surface area (TPSA) is 33.4 Å². The quantitative estimate of drug-likeness (QED) is 0.699. The van der Waals surface area contributed by atoms with E-state index in [0.717, 1.165) is 17.4 Å². The highest BCUT2D eigenvalue weighted by atomic mass is 16.4. The van der Waals surface area contributed by atoms with E-state index in [4.69, 9.17) is 4.42 Å². The molecule has 12 heavy (non-hydrogen) atoms. The third-order valence-corrected chi connectivity index (χ3v) is 2.03. The summed E-state index contributed by atoms with van der Waals surface area (Å²) in [6.45, 7) is 2.09. The Kier molecular flexibility index (Phi) is 1.54. The molecule has 1 aromatic heterocycles. The van der Waals surface area contributed by atoms with Gasteiger partial charge in [-0.25, -0.2) is 0 Å². The van der Waals surface area contributed by atoms with Crippen LogP contribution in [0.3, 0.4) is 0 Å². The molecule has 0 bridgehead atoms. The smallest absolute Gasteiger partial charge is 0.161 e. The Labute approximate surface area is 70.4 Å². The van der Waals surface area contributed by atoms with E-state index in [1.165, 1.54) is 11.8 Å². The second-order valence-electron chi connectivity index (χ2n) is 2.81. The summed E-state index contributed by atoms with van der Waals surface area (Å²) in [7, 11) is 0. The zero-order valence-corrected chi connectivity index (χ0v) is 6.87. The van der Waals surface area contributed by atoms with Gasteiger partial charge in [0.05, 0.1) is 5.39 Å². The van der Waals surface area contributed by atoms with Crippen LogP contribution in [0.2, 0.25) is 0 Å². The molecular weight excluding hydrogens is 152 g/mol. The first-order valence-electron chi connectivity index (χ1n) is 4.00. The number of benzene rings is 1. The first-order chi connectivity index (χ1) is 5.81. The van der Waals surface area contributed by atoms with Crippen LogP contribution in [0.4, 0.5) is 0 Å². The van der Waals surface area contributed by atoms with E-state index in [1.54, 1.807) is 0 Å². The van der Waals surface area contributed by atoms with Crippen LogP contribution in [0.1, 0.15) is 12.5 Å². The Bertz CT molecular complexity index is 401. The van der Waals surface area contributed by atoms with Crippen LogP contribution < -0.4 is 0 Å². The predicted molar refractivity (Wildman–Crippen MR) is 47.3 cm³/mol. The lowest BCUT2D eigenvalue weighted by atomic mass is 10.1. The van der Waals surface area contributed by atoms with Crippen molar-refractivity contribution in [3.05, 3.63) is 30.0 Å². The van der Waals surface area contributed by atoms with Crippen LogP contribution in [0.15, 0.2) is 28.9 Å². The molecule has 62 valence electrons. The van der Waals surface area contributed by atoms with Crippen molar-refractivity contribution in [3.8, 4) is 5.75 Å². The van der Waals surface area contributed by atoms with E-state index in [1.807, 2.05) is 18.2 Å². The Morgan fingerprint density at radius 1 is 1.42 bits per heavy atom. The highest BCUT2D eigenvalue weighted by Gasteiger charge is 2.03. The summed E-state index contributed by atoms with van der Waals surface area (Å²) in [5.41, 5.74) is 1.98. The monoisotopic (exact) mass is 162 g/mol. The lowest BCUT2D eigenvalue weighted by Gasteiger charge is -1.94. The molecule has 1 aromatic carbocycles. The van der Waals surface area contributed by atoms with Crippen molar-refractivity contribution in [1.82, 2.24) is 0 Å². The molecule has 1 N–H and O–H groups in total. The molecule has 0 aliphatic rings. The minimum absolute atomic E-state index is 0.215. The molecule has 0 atom stereocenters. The molecule has 2 rings (SSSR count). The molecule has 2 nitrogen and oxygen atoms in total. The van der Waals surface area contributed by atoms with Crippen LogP contribution in [0.25, 0.3) is 11.0 Å². The van der Waals surface area contributed by atoms with Gasteiger partial charge in [-0.05, 0) is 24.1 Å². The summed E-state index contributed by atoms with van der Waals surface area (Å²) in [6, 6.07) is 5.83. The van der Waals surface area contributed by atoms with Crippen molar-refractivity contribution >= 4 is 11.0 Å². The molecule has 0 aliphatic heterocycles. The predicted octanol–water partition coefficient (Wildman–Crippen LogP) is 2.70. The van der Waals surface area contributed by atoms with Gasteiger partial charge in [0, 0.05) is 0 Å². The van der Waals surface area contributed by atoms with Gasteiger partial charge in [-0.1, -0.05) is 13.0 Å². The molecule has 0 spiro atoms. The van der Waals surface area contributed by atoms with E-state index in [0.29, 0.717) is 0 Å². The summed E-state index contributed by atoms with van der Waals surface area (Å²) in [4.78, 5) is 0. The van der Waals surface area contributed by atoms with Gasteiger partial charge in [0.25, 0.3) is 0 Å². The number of furan rings is 1. The van der Waals surface area contributed by atoms with Gasteiger partial charge in [0.1, 0.15) is 11.8 Å². The van der Waals surface area contributed by atoms with E-state index < -0.39 is 0 Å². The van der Waals surface area contributed by atoms with Crippen LogP contribution in [-0.2, 0) is 6.42 Å². The van der Waals surface area contributed by atoms with Crippen molar-refractivity contribution in [3.63, 3.8) is 0 Å². The van der Waals surface area contributed by atoms with Gasteiger partial charge < -0.3 is 9.52 Å². The SMILES string of the molecule is CCc1ccc2c(O)coc2c1. The normalized spacial score (nSPS) is 10.8. The van der Waals surface area contributed by atoms with Gasteiger partial charge in [-0.2, -0.15) is 0 Å². The van der Waals surface area contributed by atoms with Gasteiger partial charge >= 0.3 is 0 Å². The zero-order chi connectivity index (χ0) is 8.55. The fraction of sp³-hybridized carbons (Fsp3) is 0.200. The summed E-state index contributed by atoms with van der Waals surface area (Å²) >= 11 is 0. The number of hydrogen-bond donors (Lipinski definition) is 1. The Morgan fingerprint density at radius 2 is 2.25 bits per heavy atom. The molecule has 2 heteroatoms. The second kappa shape index (κ2) is 2.55. The first kappa shape index (κ1) is 7.22. The number of fused-ring (bicyclic) bond motifs is 1. The standard InChI is InChI=1S/C10H10O2/c1-2-7-3-4-8-9(11)6-12-10(8)5-7/h3-6,11H,2H2,1H3. The minimum atomic E-state index is 0.215. The second-order valence-corrected chi connectivity index (χ2v) is 2.81. The highest BCUT2D eigenvalue weighted by molar-refractivity contribution is 5.84. The fourth-order valence-electron chi connectivity index (χ4n) is 1.28. The maximum atomic E-state index is 9.28. The van der Waals surface area contributed by atoms with Gasteiger partial charge in [0.15, 0.2) is 5.75 Å². The Morgan fingerprint density at radius 3 is 3.00 bits per heavy atom. The lowest BCUT2D eigenvalue weighted by Crippen LogP contribution is -1.76. The van der Waals surface area contributed by atoms with Crippen molar-refractivity contribution in [2.45, 2.75) is 13.3 Å². The molecule has 0 unspecified atom stereocenters. The van der Waals surface area contributed by atoms with Crippen LogP contribution >= 0.6 is 0 Å². The molecule has 0 amide bonds. The molecule has 2 aromatic rings. The van der Waals surface area contributed by atoms with Crippen LogP contribution in [0, 0.1) is 0 Å². The maximum absolute atomic E-state index is 9.28. The van der Waals surface area contributed by atoms with E-state index in [-0.39, 0.29) is 5.75 Å². The third kappa shape index (κ3) is 0.961. The fourth-order valence-corrected chi connectivity index (χ4v) is 1.28. The van der Waals surface area contributed by atoms with Crippen LogP contribution in [-0.4, -0.2) is 5.11 Å². The highest BCUT2D eigenvalue weighted by Crippen LogP contribution is 2.27. The number of aryl methyl sites for hydroxylation is 1. The average Bonchev–Trinajstić information content (AvgIpc) is 2.47. The molecule has 0 radical (unpaired) electrons. The zero-order valence-electron chi connectivity index (χ0n) is 6.87. The lowest BCUT2D eigenvalue weighted by molar-refractivity contribution is 0.464. The van der Waals surface area contributed by atoms with E-state index in [9.17, 15) is 5.11 Å². The van der Waals surface area contributed by atoms with E-state index >= 15 is 0 Å². The van der Waals surface area contributed by atoms with Gasteiger partial charge in [-0.15, -0.1) is 0 Å². The maximum Gasteiger partial charge on any atom is 0.161 e.